The van der Waals surface area contributed by atoms with E-state index in [1.807, 2.05) is 30.5 Å². The van der Waals surface area contributed by atoms with Crippen LogP contribution in [0.5, 0.6) is 0 Å². The van der Waals surface area contributed by atoms with E-state index in [2.05, 4.69) is 78.9 Å². The van der Waals surface area contributed by atoms with Crippen molar-refractivity contribution in [3.8, 4) is 22.5 Å². The van der Waals surface area contributed by atoms with Gasteiger partial charge in [-0.05, 0) is 30.3 Å². The number of H-pyrrole nitrogens is 1. The lowest BCUT2D eigenvalue weighted by molar-refractivity contribution is 1.11. The van der Waals surface area contributed by atoms with Crippen LogP contribution in [-0.4, -0.2) is 19.9 Å². The number of aromatic nitrogens is 4. The highest BCUT2D eigenvalue weighted by atomic mass is 127. The van der Waals surface area contributed by atoms with Crippen molar-refractivity contribution < 1.29 is 0 Å². The summed E-state index contributed by atoms with van der Waals surface area (Å²) in [6.45, 7) is 0. The van der Waals surface area contributed by atoms with E-state index < -0.39 is 0 Å². The topological polar surface area (TPSA) is 54.5 Å². The number of benzene rings is 2. The molecule has 4 nitrogen and oxygen atoms in total. The van der Waals surface area contributed by atoms with Gasteiger partial charge in [-0.25, -0.2) is 9.97 Å². The van der Waals surface area contributed by atoms with Crippen LogP contribution in [0.25, 0.3) is 44.3 Å². The summed E-state index contributed by atoms with van der Waals surface area (Å²) in [4.78, 5) is 16.9. The van der Waals surface area contributed by atoms with E-state index in [9.17, 15) is 0 Å². The molecule has 1 N–H and O–H groups in total. The molecular weight excluding hydrogens is 435 g/mol. The lowest BCUT2D eigenvalue weighted by atomic mass is 10.1. The van der Waals surface area contributed by atoms with Gasteiger partial charge in [-0.1, -0.05) is 30.3 Å². The van der Waals surface area contributed by atoms with Gasteiger partial charge in [0.15, 0.2) is 3.83 Å². The summed E-state index contributed by atoms with van der Waals surface area (Å²) in [7, 11) is 0. The molecule has 0 atom stereocenters. The highest BCUT2D eigenvalue weighted by molar-refractivity contribution is 14.1. The van der Waals surface area contributed by atoms with E-state index in [4.69, 9.17) is 0 Å². The first-order valence-corrected chi connectivity index (χ1v) is 9.32. The maximum atomic E-state index is 4.63. The second-order valence-corrected chi connectivity index (χ2v) is 7.04. The first-order chi connectivity index (χ1) is 12.8. The quantitative estimate of drug-likeness (QED) is 0.289. The van der Waals surface area contributed by atoms with E-state index in [0.717, 1.165) is 37.4 Å². The number of fused-ring (bicyclic) bond motifs is 3. The molecule has 5 aromatic rings. The van der Waals surface area contributed by atoms with Gasteiger partial charge in [-0.15, -0.1) is 0 Å². The van der Waals surface area contributed by atoms with E-state index in [0.29, 0.717) is 0 Å². The number of para-hydroxylation sites is 1. The molecular formula is C21H13IN4. The molecule has 124 valence electrons. The lowest BCUT2D eigenvalue weighted by Gasteiger charge is -2.06. The predicted molar refractivity (Wildman–Crippen MR) is 113 cm³/mol. The van der Waals surface area contributed by atoms with Crippen molar-refractivity contribution >= 4 is 44.4 Å². The Balaban J connectivity index is 1.67. The first-order valence-electron chi connectivity index (χ1n) is 8.24. The Morgan fingerprint density at radius 3 is 2.38 bits per heavy atom. The molecule has 3 heterocycles. The number of hydrogen-bond donors (Lipinski definition) is 1. The van der Waals surface area contributed by atoms with Crippen LogP contribution in [0.2, 0.25) is 0 Å². The molecule has 0 spiro atoms. The minimum absolute atomic E-state index is 0.718. The van der Waals surface area contributed by atoms with Crippen LogP contribution in [0.3, 0.4) is 0 Å². The van der Waals surface area contributed by atoms with Crippen LogP contribution in [0, 0.1) is 3.83 Å². The van der Waals surface area contributed by atoms with Crippen molar-refractivity contribution in [2.75, 3.05) is 0 Å². The molecule has 2 aromatic carbocycles. The second kappa shape index (κ2) is 6.17. The highest BCUT2D eigenvalue weighted by Crippen LogP contribution is 2.30. The van der Waals surface area contributed by atoms with Crippen LogP contribution >= 0.6 is 22.6 Å². The van der Waals surface area contributed by atoms with Crippen molar-refractivity contribution in [3.05, 3.63) is 76.9 Å². The van der Waals surface area contributed by atoms with E-state index in [1.165, 1.54) is 10.8 Å². The van der Waals surface area contributed by atoms with Gasteiger partial charge < -0.3 is 4.98 Å². The first kappa shape index (κ1) is 15.5. The van der Waals surface area contributed by atoms with Crippen molar-refractivity contribution in [2.45, 2.75) is 0 Å². The monoisotopic (exact) mass is 448 g/mol. The molecule has 0 saturated carbocycles. The number of nitrogens with one attached hydrogen (secondary N) is 1. The fourth-order valence-corrected chi connectivity index (χ4v) is 3.76. The molecule has 5 heteroatoms. The molecule has 5 rings (SSSR count). The molecule has 0 bridgehead atoms. The summed E-state index contributed by atoms with van der Waals surface area (Å²) in [6, 6.07) is 20.7. The Hall–Kier alpha value is -2.80. The highest BCUT2D eigenvalue weighted by Gasteiger charge is 2.10. The van der Waals surface area contributed by atoms with Crippen molar-refractivity contribution in [2.24, 2.45) is 0 Å². The molecule has 0 aliphatic rings. The maximum Gasteiger partial charge on any atom is 0.191 e. The minimum Gasteiger partial charge on any atom is -0.354 e. The SMILES string of the molecule is Ic1nc(-c2cccnc2)cc(-c2ccc3c(c2)[nH]c2ccccc23)n1. The number of aromatic amines is 1. The second-order valence-electron chi connectivity index (χ2n) is 6.08. The van der Waals surface area contributed by atoms with Gasteiger partial charge in [0.25, 0.3) is 0 Å². The van der Waals surface area contributed by atoms with Gasteiger partial charge in [0, 0.05) is 67.9 Å². The maximum absolute atomic E-state index is 4.63. The summed E-state index contributed by atoms with van der Waals surface area (Å²) in [5.74, 6) is 0. The number of nitrogens with zero attached hydrogens (tertiary/aromatic N) is 3. The molecule has 0 unspecified atom stereocenters. The van der Waals surface area contributed by atoms with E-state index in [-0.39, 0.29) is 0 Å². The average Bonchev–Trinajstić information content (AvgIpc) is 3.06. The summed E-state index contributed by atoms with van der Waals surface area (Å²) >= 11 is 2.16. The minimum atomic E-state index is 0.718. The zero-order valence-corrected chi connectivity index (χ0v) is 15.8. The number of rotatable bonds is 2. The van der Waals surface area contributed by atoms with Gasteiger partial charge in [0.05, 0.1) is 11.4 Å². The normalized spacial score (nSPS) is 11.3. The molecule has 0 radical (unpaired) electrons. The van der Waals surface area contributed by atoms with Crippen LogP contribution in [-0.2, 0) is 0 Å². The third-order valence-electron chi connectivity index (χ3n) is 4.46. The molecule has 0 aliphatic heterocycles. The molecule has 0 saturated heterocycles. The summed E-state index contributed by atoms with van der Waals surface area (Å²) < 4.78 is 0.718. The van der Waals surface area contributed by atoms with Crippen molar-refractivity contribution in [1.82, 2.24) is 19.9 Å². The van der Waals surface area contributed by atoms with Gasteiger partial charge in [-0.2, -0.15) is 0 Å². The third kappa shape index (κ3) is 2.64. The van der Waals surface area contributed by atoms with Gasteiger partial charge >= 0.3 is 0 Å². The van der Waals surface area contributed by atoms with E-state index >= 15 is 0 Å². The lowest BCUT2D eigenvalue weighted by Crippen LogP contribution is -1.94. The van der Waals surface area contributed by atoms with Crippen LogP contribution < -0.4 is 0 Å². The largest absolute Gasteiger partial charge is 0.354 e. The predicted octanol–water partition coefficient (Wildman–Crippen LogP) is 5.44. The summed E-state index contributed by atoms with van der Waals surface area (Å²) in [5.41, 5.74) is 6.09. The zero-order chi connectivity index (χ0) is 17.5. The van der Waals surface area contributed by atoms with Crippen LogP contribution in [0.1, 0.15) is 0 Å². The Morgan fingerprint density at radius 1 is 0.731 bits per heavy atom. The van der Waals surface area contributed by atoms with Crippen molar-refractivity contribution in [3.63, 3.8) is 0 Å². The molecule has 26 heavy (non-hydrogen) atoms. The van der Waals surface area contributed by atoms with Crippen LogP contribution in [0.15, 0.2) is 73.1 Å². The molecule has 0 aliphatic carbocycles. The Kier molecular flexibility index (Phi) is 3.67. The zero-order valence-electron chi connectivity index (χ0n) is 13.6. The van der Waals surface area contributed by atoms with Gasteiger partial charge in [-0.3, -0.25) is 4.98 Å². The molecule has 0 amide bonds. The summed E-state index contributed by atoms with van der Waals surface area (Å²) in [5, 5.41) is 2.46. The number of halogens is 1. The fraction of sp³-hybridized carbons (Fsp3) is 0. The number of hydrogen-bond acceptors (Lipinski definition) is 3. The van der Waals surface area contributed by atoms with E-state index in [1.54, 1.807) is 6.20 Å². The Morgan fingerprint density at radius 2 is 1.54 bits per heavy atom. The van der Waals surface area contributed by atoms with Gasteiger partial charge in [0.2, 0.25) is 0 Å². The Labute approximate surface area is 163 Å². The fourth-order valence-electron chi connectivity index (χ4n) is 3.24. The van der Waals surface area contributed by atoms with Gasteiger partial charge in [0.1, 0.15) is 0 Å². The summed E-state index contributed by atoms with van der Waals surface area (Å²) in [6.07, 6.45) is 3.59. The third-order valence-corrected chi connectivity index (χ3v) is 4.94. The molecule has 3 aromatic heterocycles. The molecule has 0 fully saturated rings. The Bertz CT molecular complexity index is 1250. The van der Waals surface area contributed by atoms with Crippen LogP contribution in [0.4, 0.5) is 0 Å². The standard InChI is InChI=1S/C21H13IN4/c22-21-25-18(11-19(26-21)14-4-3-9-23-12-14)13-7-8-16-15-5-1-2-6-17(15)24-20(16)10-13/h1-12,24H. The van der Waals surface area contributed by atoms with Crippen molar-refractivity contribution in [1.29, 1.82) is 0 Å². The smallest absolute Gasteiger partial charge is 0.191 e. The average molecular weight is 448 g/mol. The number of pyridine rings is 1.